The maximum absolute atomic E-state index is 12.2. The van der Waals surface area contributed by atoms with Crippen molar-refractivity contribution < 1.29 is 14.3 Å². The van der Waals surface area contributed by atoms with E-state index in [1.165, 1.54) is 12.2 Å². The second kappa shape index (κ2) is 12.2. The second-order valence-electron chi connectivity index (χ2n) is 5.72. The highest BCUT2D eigenvalue weighted by Crippen LogP contribution is 1.99. The molecule has 0 aromatic carbocycles. The summed E-state index contributed by atoms with van der Waals surface area (Å²) in [5.74, 6) is -0.608. The molecule has 0 aromatic heterocycles. The SMILES string of the molecule is CCOC(=O)/C=C/C(=O)N(CCCN(C)C)CCCN(C)C. The highest BCUT2D eigenvalue weighted by atomic mass is 16.5. The van der Waals surface area contributed by atoms with E-state index in [0.717, 1.165) is 25.9 Å². The van der Waals surface area contributed by atoms with Crippen LogP contribution in [-0.4, -0.2) is 87.6 Å². The zero-order valence-electron chi connectivity index (χ0n) is 14.7. The molecule has 6 nitrogen and oxygen atoms in total. The van der Waals surface area contributed by atoms with Crippen LogP contribution >= 0.6 is 0 Å². The summed E-state index contributed by atoms with van der Waals surface area (Å²) in [7, 11) is 8.05. The lowest BCUT2D eigenvalue weighted by Crippen LogP contribution is -2.34. The maximum Gasteiger partial charge on any atom is 0.330 e. The van der Waals surface area contributed by atoms with Crippen LogP contribution in [0.5, 0.6) is 0 Å². The first kappa shape index (κ1) is 20.6. The van der Waals surface area contributed by atoms with E-state index < -0.39 is 5.97 Å². The van der Waals surface area contributed by atoms with E-state index in [1.807, 2.05) is 28.2 Å². The van der Waals surface area contributed by atoms with Gasteiger partial charge in [-0.15, -0.1) is 0 Å². The van der Waals surface area contributed by atoms with Crippen LogP contribution in [0.1, 0.15) is 19.8 Å². The van der Waals surface area contributed by atoms with E-state index >= 15 is 0 Å². The monoisotopic (exact) mass is 313 g/mol. The number of esters is 1. The van der Waals surface area contributed by atoms with Crippen LogP contribution in [0.3, 0.4) is 0 Å². The summed E-state index contributed by atoms with van der Waals surface area (Å²) in [5.41, 5.74) is 0. The summed E-state index contributed by atoms with van der Waals surface area (Å²) in [4.78, 5) is 29.5. The predicted molar refractivity (Wildman–Crippen MR) is 88.7 cm³/mol. The minimum Gasteiger partial charge on any atom is -0.463 e. The van der Waals surface area contributed by atoms with Crippen molar-refractivity contribution in [2.75, 3.05) is 61.0 Å². The molecule has 0 aliphatic rings. The Morgan fingerprint density at radius 2 is 1.36 bits per heavy atom. The van der Waals surface area contributed by atoms with Gasteiger partial charge >= 0.3 is 5.97 Å². The van der Waals surface area contributed by atoms with Crippen molar-refractivity contribution in [2.45, 2.75) is 19.8 Å². The third kappa shape index (κ3) is 11.3. The van der Waals surface area contributed by atoms with Gasteiger partial charge < -0.3 is 19.4 Å². The Hall–Kier alpha value is -1.40. The maximum atomic E-state index is 12.2. The van der Waals surface area contributed by atoms with E-state index in [1.54, 1.807) is 11.8 Å². The molecule has 0 bridgehead atoms. The first-order chi connectivity index (χ1) is 10.4. The molecule has 128 valence electrons. The van der Waals surface area contributed by atoms with Gasteiger partial charge in [-0.3, -0.25) is 4.79 Å². The normalized spacial score (nSPS) is 11.4. The summed E-state index contributed by atoms with van der Waals surface area (Å²) < 4.78 is 4.79. The van der Waals surface area contributed by atoms with E-state index in [9.17, 15) is 9.59 Å². The van der Waals surface area contributed by atoms with Crippen molar-refractivity contribution in [3.05, 3.63) is 12.2 Å². The molecule has 6 heteroatoms. The summed E-state index contributed by atoms with van der Waals surface area (Å²) >= 11 is 0. The Morgan fingerprint density at radius 1 is 0.864 bits per heavy atom. The standard InChI is InChI=1S/C16H31N3O3/c1-6-22-16(21)10-9-15(20)19(13-7-11-17(2)3)14-8-12-18(4)5/h9-10H,6-8,11-14H2,1-5H3/b10-9+. The zero-order chi connectivity index (χ0) is 17.0. The third-order valence-corrected chi connectivity index (χ3v) is 3.03. The number of carbonyl (C=O) groups excluding carboxylic acids is 2. The van der Waals surface area contributed by atoms with Crippen LogP contribution in [0.15, 0.2) is 12.2 Å². The van der Waals surface area contributed by atoms with Crippen LogP contribution in [0.25, 0.3) is 0 Å². The summed E-state index contributed by atoms with van der Waals surface area (Å²) in [5, 5.41) is 0. The minimum absolute atomic E-state index is 0.134. The fraction of sp³-hybridized carbons (Fsp3) is 0.750. The van der Waals surface area contributed by atoms with Gasteiger partial charge in [0.1, 0.15) is 0 Å². The zero-order valence-corrected chi connectivity index (χ0v) is 14.7. The number of nitrogens with zero attached hydrogens (tertiary/aromatic N) is 3. The topological polar surface area (TPSA) is 53.1 Å². The Kier molecular flexibility index (Phi) is 11.4. The van der Waals surface area contributed by atoms with Gasteiger partial charge in [-0.25, -0.2) is 4.79 Å². The van der Waals surface area contributed by atoms with Gasteiger partial charge in [-0.1, -0.05) is 0 Å². The Bertz CT molecular complexity index is 341. The van der Waals surface area contributed by atoms with E-state index in [0.29, 0.717) is 19.7 Å². The van der Waals surface area contributed by atoms with Crippen molar-refractivity contribution in [1.82, 2.24) is 14.7 Å². The average molecular weight is 313 g/mol. The van der Waals surface area contributed by atoms with E-state index in [-0.39, 0.29) is 5.91 Å². The highest BCUT2D eigenvalue weighted by Gasteiger charge is 2.11. The molecule has 0 aliphatic heterocycles. The van der Waals surface area contributed by atoms with Gasteiger partial charge in [0.15, 0.2) is 0 Å². The third-order valence-electron chi connectivity index (χ3n) is 3.03. The fourth-order valence-electron chi connectivity index (χ4n) is 1.92. The molecule has 22 heavy (non-hydrogen) atoms. The molecule has 0 aromatic rings. The minimum atomic E-state index is -0.475. The number of carbonyl (C=O) groups is 2. The number of amides is 1. The Morgan fingerprint density at radius 3 is 1.77 bits per heavy atom. The molecular formula is C16H31N3O3. The number of hydrogen-bond donors (Lipinski definition) is 0. The van der Waals surface area contributed by atoms with Gasteiger partial charge in [0.25, 0.3) is 0 Å². The number of hydrogen-bond acceptors (Lipinski definition) is 5. The molecule has 1 amide bonds. The van der Waals surface area contributed by atoms with Crippen molar-refractivity contribution in [1.29, 1.82) is 0 Å². The average Bonchev–Trinajstić information content (AvgIpc) is 2.42. The first-order valence-electron chi connectivity index (χ1n) is 7.80. The van der Waals surface area contributed by atoms with Crippen LogP contribution in [0, 0.1) is 0 Å². The van der Waals surface area contributed by atoms with Crippen LogP contribution in [0.2, 0.25) is 0 Å². The molecule has 0 atom stereocenters. The molecule has 0 saturated heterocycles. The second-order valence-corrected chi connectivity index (χ2v) is 5.72. The molecule has 0 N–H and O–H groups in total. The van der Waals surface area contributed by atoms with E-state index in [4.69, 9.17) is 4.74 Å². The molecule has 0 spiro atoms. The predicted octanol–water partition coefficient (Wildman–Crippen LogP) is 0.838. The van der Waals surface area contributed by atoms with Crippen LogP contribution < -0.4 is 0 Å². The lowest BCUT2D eigenvalue weighted by atomic mass is 10.3. The summed E-state index contributed by atoms with van der Waals surface area (Å²) in [6.45, 7) is 5.29. The summed E-state index contributed by atoms with van der Waals surface area (Å²) in [6, 6.07) is 0. The largest absolute Gasteiger partial charge is 0.463 e. The van der Waals surface area contributed by atoms with Crippen molar-refractivity contribution in [2.24, 2.45) is 0 Å². The first-order valence-corrected chi connectivity index (χ1v) is 7.80. The van der Waals surface area contributed by atoms with Gasteiger partial charge in [0.05, 0.1) is 6.61 Å². The molecule has 0 rings (SSSR count). The Balaban J connectivity index is 4.45. The lowest BCUT2D eigenvalue weighted by Gasteiger charge is -2.23. The highest BCUT2D eigenvalue weighted by molar-refractivity contribution is 5.94. The van der Waals surface area contributed by atoms with Crippen molar-refractivity contribution >= 4 is 11.9 Å². The van der Waals surface area contributed by atoms with Gasteiger partial charge in [-0.2, -0.15) is 0 Å². The van der Waals surface area contributed by atoms with Gasteiger partial charge in [0, 0.05) is 25.2 Å². The van der Waals surface area contributed by atoms with Gasteiger partial charge in [0.2, 0.25) is 5.91 Å². The number of ether oxygens (including phenoxy) is 1. The molecule has 0 heterocycles. The number of rotatable bonds is 11. The fourth-order valence-corrected chi connectivity index (χ4v) is 1.92. The van der Waals surface area contributed by atoms with Crippen LogP contribution in [0.4, 0.5) is 0 Å². The summed E-state index contributed by atoms with van der Waals surface area (Å²) in [6.07, 6.45) is 4.34. The lowest BCUT2D eigenvalue weighted by molar-refractivity contribution is -0.137. The quantitative estimate of drug-likeness (QED) is 0.418. The molecule has 0 unspecified atom stereocenters. The van der Waals surface area contributed by atoms with Crippen molar-refractivity contribution in [3.63, 3.8) is 0 Å². The Labute approximate surface area is 134 Å². The molecular weight excluding hydrogens is 282 g/mol. The van der Waals surface area contributed by atoms with E-state index in [2.05, 4.69) is 9.80 Å². The van der Waals surface area contributed by atoms with Gasteiger partial charge in [-0.05, 0) is 61.0 Å². The van der Waals surface area contributed by atoms with Crippen LogP contribution in [-0.2, 0) is 14.3 Å². The molecule has 0 saturated carbocycles. The molecule has 0 radical (unpaired) electrons. The smallest absolute Gasteiger partial charge is 0.330 e. The molecule has 0 aliphatic carbocycles. The molecule has 0 fully saturated rings. The van der Waals surface area contributed by atoms with Crippen molar-refractivity contribution in [3.8, 4) is 0 Å².